The van der Waals surface area contributed by atoms with Crippen LogP contribution in [0.15, 0.2) is 58.3 Å². The smallest absolute Gasteiger partial charge is 0.0715 e. The standard InChI is InChI=1S/C14H10O4S/c15-13(16)9-1-5-11(6-2-9)19-12-7-3-10(4-8-12)14(17)18/h1-8H,(H,15,16)(H,17,18)/p-2. The van der Waals surface area contributed by atoms with Crippen LogP contribution in [0.2, 0.25) is 0 Å². The quantitative estimate of drug-likeness (QED) is 0.812. The molecule has 0 N–H and O–H groups in total. The monoisotopic (exact) mass is 272 g/mol. The molecule has 0 saturated carbocycles. The molecule has 5 heteroatoms. The molecule has 0 aromatic heterocycles. The van der Waals surface area contributed by atoms with Crippen LogP contribution in [0.25, 0.3) is 0 Å². The Balaban J connectivity index is 2.12. The summed E-state index contributed by atoms with van der Waals surface area (Å²) in [5.41, 5.74) is 0.244. The van der Waals surface area contributed by atoms with Gasteiger partial charge in [-0.1, -0.05) is 36.0 Å². The summed E-state index contributed by atoms with van der Waals surface area (Å²) < 4.78 is 0. The number of carbonyl (C=O) groups excluding carboxylic acids is 2. The van der Waals surface area contributed by atoms with Crippen molar-refractivity contribution in [2.24, 2.45) is 0 Å². The Morgan fingerprint density at radius 1 is 0.684 bits per heavy atom. The second kappa shape index (κ2) is 5.58. The van der Waals surface area contributed by atoms with Gasteiger partial charge < -0.3 is 19.8 Å². The first-order chi connectivity index (χ1) is 9.06. The first kappa shape index (κ1) is 13.2. The minimum absolute atomic E-state index is 0.122. The largest absolute Gasteiger partial charge is 0.545 e. The van der Waals surface area contributed by atoms with Gasteiger partial charge in [0.2, 0.25) is 0 Å². The zero-order chi connectivity index (χ0) is 13.8. The molecular formula is C14H8O4S-2. The van der Waals surface area contributed by atoms with Crippen molar-refractivity contribution in [1.82, 2.24) is 0 Å². The Labute approximate surface area is 113 Å². The molecule has 2 rings (SSSR count). The van der Waals surface area contributed by atoms with E-state index in [2.05, 4.69) is 0 Å². The summed E-state index contributed by atoms with van der Waals surface area (Å²) in [6.45, 7) is 0. The number of benzene rings is 2. The van der Waals surface area contributed by atoms with E-state index in [1.165, 1.54) is 36.0 Å². The number of hydrogen-bond donors (Lipinski definition) is 0. The van der Waals surface area contributed by atoms with Crippen LogP contribution in [0.5, 0.6) is 0 Å². The van der Waals surface area contributed by atoms with Gasteiger partial charge in [0.25, 0.3) is 0 Å². The van der Waals surface area contributed by atoms with Crippen molar-refractivity contribution < 1.29 is 19.8 Å². The predicted octanol–water partition coefficient (Wildman–Crippen LogP) is 0.565. The molecule has 96 valence electrons. The summed E-state index contributed by atoms with van der Waals surface area (Å²) in [4.78, 5) is 22.9. The Hall–Kier alpha value is -2.27. The zero-order valence-corrected chi connectivity index (χ0v) is 10.5. The fraction of sp³-hybridized carbons (Fsp3) is 0. The number of rotatable bonds is 4. The second-order valence-electron chi connectivity index (χ2n) is 3.73. The van der Waals surface area contributed by atoms with E-state index in [1.54, 1.807) is 24.3 Å². The highest BCUT2D eigenvalue weighted by molar-refractivity contribution is 7.99. The van der Waals surface area contributed by atoms with Crippen LogP contribution in [0, 0.1) is 0 Å². The molecule has 4 nitrogen and oxygen atoms in total. The lowest BCUT2D eigenvalue weighted by atomic mass is 10.2. The molecule has 0 spiro atoms. The van der Waals surface area contributed by atoms with E-state index in [9.17, 15) is 19.8 Å². The molecule has 0 amide bonds. The minimum Gasteiger partial charge on any atom is -0.545 e. The van der Waals surface area contributed by atoms with Crippen molar-refractivity contribution in [3.63, 3.8) is 0 Å². The van der Waals surface area contributed by atoms with Gasteiger partial charge in [-0.15, -0.1) is 0 Å². The van der Waals surface area contributed by atoms with Crippen LogP contribution in [0.3, 0.4) is 0 Å². The van der Waals surface area contributed by atoms with Gasteiger partial charge in [-0.25, -0.2) is 0 Å². The molecule has 2 aromatic rings. The fourth-order valence-electron chi connectivity index (χ4n) is 1.45. The van der Waals surface area contributed by atoms with Gasteiger partial charge in [0.15, 0.2) is 0 Å². The minimum atomic E-state index is -1.21. The molecule has 0 aliphatic carbocycles. The van der Waals surface area contributed by atoms with Crippen LogP contribution in [0.4, 0.5) is 0 Å². The van der Waals surface area contributed by atoms with E-state index in [0.29, 0.717) is 0 Å². The molecule has 0 heterocycles. The maximum absolute atomic E-state index is 10.6. The lowest BCUT2D eigenvalue weighted by Gasteiger charge is -2.06. The Kier molecular flexibility index (Phi) is 3.87. The number of carbonyl (C=O) groups is 2. The Bertz CT molecular complexity index is 547. The van der Waals surface area contributed by atoms with E-state index in [-0.39, 0.29) is 11.1 Å². The van der Waals surface area contributed by atoms with Crippen LogP contribution in [-0.2, 0) is 0 Å². The van der Waals surface area contributed by atoms with Crippen molar-refractivity contribution in [1.29, 1.82) is 0 Å². The summed E-state index contributed by atoms with van der Waals surface area (Å²) in [6, 6.07) is 12.5. The summed E-state index contributed by atoms with van der Waals surface area (Å²) in [7, 11) is 0. The van der Waals surface area contributed by atoms with Crippen molar-refractivity contribution in [3.05, 3.63) is 59.7 Å². The molecule has 0 radical (unpaired) electrons. The Morgan fingerprint density at radius 2 is 1.00 bits per heavy atom. The van der Waals surface area contributed by atoms with Crippen molar-refractivity contribution >= 4 is 23.7 Å². The van der Waals surface area contributed by atoms with E-state index >= 15 is 0 Å². The van der Waals surface area contributed by atoms with Gasteiger partial charge in [-0.05, 0) is 35.4 Å². The second-order valence-corrected chi connectivity index (χ2v) is 4.87. The van der Waals surface area contributed by atoms with Crippen LogP contribution in [-0.4, -0.2) is 11.9 Å². The molecule has 0 saturated heterocycles. The number of carboxylic acids is 2. The molecule has 0 atom stereocenters. The molecule has 0 unspecified atom stereocenters. The van der Waals surface area contributed by atoms with E-state index in [4.69, 9.17) is 0 Å². The number of aromatic carboxylic acids is 2. The van der Waals surface area contributed by atoms with E-state index in [0.717, 1.165) is 9.79 Å². The molecule has 0 aliphatic rings. The molecule has 0 fully saturated rings. The molecule has 2 aromatic carbocycles. The van der Waals surface area contributed by atoms with Crippen LogP contribution < -0.4 is 10.2 Å². The number of carboxylic acid groups (broad SMARTS) is 2. The molecule has 0 aliphatic heterocycles. The first-order valence-corrected chi connectivity index (χ1v) is 6.18. The summed E-state index contributed by atoms with van der Waals surface area (Å²) in [5, 5.41) is 21.2. The summed E-state index contributed by atoms with van der Waals surface area (Å²) in [6.07, 6.45) is 0. The van der Waals surface area contributed by atoms with Crippen LogP contribution in [0.1, 0.15) is 20.7 Å². The zero-order valence-electron chi connectivity index (χ0n) is 9.66. The van der Waals surface area contributed by atoms with Gasteiger partial charge in [0.1, 0.15) is 0 Å². The Morgan fingerprint density at radius 3 is 1.26 bits per heavy atom. The molecule has 19 heavy (non-hydrogen) atoms. The van der Waals surface area contributed by atoms with Gasteiger partial charge in [0, 0.05) is 9.79 Å². The average molecular weight is 272 g/mol. The van der Waals surface area contributed by atoms with Gasteiger partial charge in [-0.2, -0.15) is 0 Å². The van der Waals surface area contributed by atoms with Crippen molar-refractivity contribution in [3.8, 4) is 0 Å². The highest BCUT2D eigenvalue weighted by Gasteiger charge is 2.00. The summed E-state index contributed by atoms with van der Waals surface area (Å²) >= 11 is 1.40. The van der Waals surface area contributed by atoms with Gasteiger partial charge >= 0.3 is 0 Å². The third kappa shape index (κ3) is 3.35. The average Bonchev–Trinajstić information content (AvgIpc) is 2.40. The maximum Gasteiger partial charge on any atom is 0.0715 e. The first-order valence-electron chi connectivity index (χ1n) is 5.37. The number of hydrogen-bond acceptors (Lipinski definition) is 5. The lowest BCUT2D eigenvalue weighted by Crippen LogP contribution is -2.21. The SMILES string of the molecule is O=C([O-])c1ccc(Sc2ccc(C(=O)[O-])cc2)cc1. The van der Waals surface area contributed by atoms with E-state index in [1.807, 2.05) is 0 Å². The maximum atomic E-state index is 10.6. The lowest BCUT2D eigenvalue weighted by molar-refractivity contribution is -0.256. The predicted molar refractivity (Wildman–Crippen MR) is 65.7 cm³/mol. The molecule has 0 bridgehead atoms. The summed E-state index contributed by atoms with van der Waals surface area (Å²) in [5.74, 6) is -2.43. The topological polar surface area (TPSA) is 80.3 Å². The highest BCUT2D eigenvalue weighted by Crippen LogP contribution is 2.27. The van der Waals surface area contributed by atoms with Gasteiger partial charge in [0.05, 0.1) is 11.9 Å². The fourth-order valence-corrected chi connectivity index (χ4v) is 2.27. The molecular weight excluding hydrogens is 264 g/mol. The highest BCUT2D eigenvalue weighted by atomic mass is 32.2. The normalized spacial score (nSPS) is 10.1. The van der Waals surface area contributed by atoms with E-state index < -0.39 is 11.9 Å². The third-order valence-electron chi connectivity index (χ3n) is 2.42. The van der Waals surface area contributed by atoms with Gasteiger partial charge in [-0.3, -0.25) is 0 Å². The third-order valence-corrected chi connectivity index (χ3v) is 3.43. The van der Waals surface area contributed by atoms with Crippen molar-refractivity contribution in [2.45, 2.75) is 9.79 Å². The van der Waals surface area contributed by atoms with Crippen LogP contribution >= 0.6 is 11.8 Å². The van der Waals surface area contributed by atoms with Crippen molar-refractivity contribution in [2.75, 3.05) is 0 Å².